The molecule has 1 atom stereocenters. The van der Waals surface area contributed by atoms with Crippen LogP contribution in [0.4, 0.5) is 10.5 Å². The summed E-state index contributed by atoms with van der Waals surface area (Å²) in [5.74, 6) is 0.779. The Labute approximate surface area is 156 Å². The van der Waals surface area contributed by atoms with E-state index in [-0.39, 0.29) is 0 Å². The highest BCUT2D eigenvalue weighted by molar-refractivity contribution is 6.10. The zero-order chi connectivity index (χ0) is 19.8. The first-order valence-corrected chi connectivity index (χ1v) is 8.40. The molecule has 1 fully saturated rings. The third-order valence-corrected chi connectivity index (χ3v) is 4.51. The van der Waals surface area contributed by atoms with Crippen molar-refractivity contribution in [1.29, 1.82) is 0 Å². The number of imide groups is 1. The molecule has 0 aliphatic carbocycles. The summed E-state index contributed by atoms with van der Waals surface area (Å²) in [5, 5.41) is 5.32. The van der Waals surface area contributed by atoms with Gasteiger partial charge in [-0.2, -0.15) is 0 Å². The minimum atomic E-state index is -1.27. The largest absolute Gasteiger partial charge is 0.497 e. The molecule has 0 bridgehead atoms. The van der Waals surface area contributed by atoms with Gasteiger partial charge in [0.05, 0.1) is 7.11 Å². The Balaban J connectivity index is 1.75. The van der Waals surface area contributed by atoms with Crippen LogP contribution in [0.2, 0.25) is 0 Å². The van der Waals surface area contributed by atoms with Crippen molar-refractivity contribution in [1.82, 2.24) is 10.2 Å². The van der Waals surface area contributed by atoms with Crippen molar-refractivity contribution in [3.8, 4) is 5.75 Å². The van der Waals surface area contributed by atoms with Crippen LogP contribution in [0, 0.1) is 13.8 Å². The molecule has 0 spiro atoms. The summed E-state index contributed by atoms with van der Waals surface area (Å²) >= 11 is 0. The number of furan rings is 1. The molecule has 0 unspecified atom stereocenters. The van der Waals surface area contributed by atoms with Crippen molar-refractivity contribution >= 4 is 23.5 Å². The van der Waals surface area contributed by atoms with Crippen LogP contribution in [0.5, 0.6) is 5.75 Å². The molecular formula is C19H21N3O5. The maximum Gasteiger partial charge on any atom is 0.325 e. The van der Waals surface area contributed by atoms with E-state index in [1.54, 1.807) is 51.1 Å². The Kier molecular flexibility index (Phi) is 4.65. The van der Waals surface area contributed by atoms with E-state index in [0.29, 0.717) is 28.5 Å². The molecule has 2 N–H and O–H groups in total. The van der Waals surface area contributed by atoms with Crippen LogP contribution in [-0.2, 0) is 15.1 Å². The van der Waals surface area contributed by atoms with Gasteiger partial charge < -0.3 is 19.8 Å². The molecule has 1 aliphatic rings. The number of ether oxygens (including phenoxy) is 1. The second kappa shape index (κ2) is 6.79. The molecule has 142 valence electrons. The van der Waals surface area contributed by atoms with Gasteiger partial charge in [0.1, 0.15) is 29.4 Å². The van der Waals surface area contributed by atoms with Gasteiger partial charge in [-0.15, -0.1) is 0 Å². The predicted octanol–water partition coefficient (Wildman–Crippen LogP) is 2.31. The number of nitrogens with one attached hydrogen (secondary N) is 2. The number of anilines is 1. The van der Waals surface area contributed by atoms with Gasteiger partial charge in [0.2, 0.25) is 5.91 Å². The summed E-state index contributed by atoms with van der Waals surface area (Å²) in [5.41, 5.74) is -0.181. The SMILES string of the molecule is COc1cccc(NC(=O)CN2C(=O)N[C@@](C)(c3cc(C)oc3C)C2=O)c1. The average molecular weight is 371 g/mol. The van der Waals surface area contributed by atoms with Crippen LogP contribution in [0.25, 0.3) is 0 Å². The van der Waals surface area contributed by atoms with Crippen LogP contribution < -0.4 is 15.4 Å². The summed E-state index contributed by atoms with van der Waals surface area (Å²) < 4.78 is 10.6. The highest BCUT2D eigenvalue weighted by Gasteiger charge is 2.51. The van der Waals surface area contributed by atoms with Crippen molar-refractivity contribution in [2.75, 3.05) is 19.0 Å². The molecule has 27 heavy (non-hydrogen) atoms. The number of methoxy groups -OCH3 is 1. The number of carbonyl (C=O) groups excluding carboxylic acids is 3. The molecule has 2 heterocycles. The lowest BCUT2D eigenvalue weighted by Crippen LogP contribution is -2.42. The molecule has 2 aromatic rings. The monoisotopic (exact) mass is 371 g/mol. The molecule has 0 saturated carbocycles. The fourth-order valence-corrected chi connectivity index (χ4v) is 3.20. The number of hydrogen-bond donors (Lipinski definition) is 2. The first-order valence-electron chi connectivity index (χ1n) is 8.40. The first-order chi connectivity index (χ1) is 12.7. The van der Waals surface area contributed by atoms with Gasteiger partial charge in [-0.05, 0) is 39.0 Å². The zero-order valence-corrected chi connectivity index (χ0v) is 15.6. The molecule has 8 heteroatoms. The minimum Gasteiger partial charge on any atom is -0.497 e. The topological polar surface area (TPSA) is 101 Å². The smallest absolute Gasteiger partial charge is 0.325 e. The summed E-state index contributed by atoms with van der Waals surface area (Å²) in [6.45, 7) is 4.70. The number of aryl methyl sites for hydroxylation is 2. The Morgan fingerprint density at radius 2 is 2.04 bits per heavy atom. The number of amides is 4. The number of carbonyl (C=O) groups is 3. The van der Waals surface area contributed by atoms with Gasteiger partial charge in [0.25, 0.3) is 5.91 Å². The highest BCUT2D eigenvalue weighted by atomic mass is 16.5. The first kappa shape index (κ1) is 18.5. The van der Waals surface area contributed by atoms with Gasteiger partial charge in [0, 0.05) is 17.3 Å². The number of rotatable bonds is 5. The maximum absolute atomic E-state index is 12.9. The van der Waals surface area contributed by atoms with Crippen LogP contribution >= 0.6 is 0 Å². The van der Waals surface area contributed by atoms with E-state index in [0.717, 1.165) is 4.90 Å². The van der Waals surface area contributed by atoms with Gasteiger partial charge in [0.15, 0.2) is 0 Å². The van der Waals surface area contributed by atoms with Gasteiger partial charge in [-0.25, -0.2) is 4.79 Å². The minimum absolute atomic E-state index is 0.395. The van der Waals surface area contributed by atoms with E-state index >= 15 is 0 Å². The fourth-order valence-electron chi connectivity index (χ4n) is 3.20. The van der Waals surface area contributed by atoms with E-state index in [1.165, 1.54) is 7.11 Å². The number of benzene rings is 1. The maximum atomic E-state index is 12.9. The summed E-state index contributed by atoms with van der Waals surface area (Å²) in [7, 11) is 1.52. The second-order valence-electron chi connectivity index (χ2n) is 6.55. The van der Waals surface area contributed by atoms with Crippen molar-refractivity contribution < 1.29 is 23.5 Å². The van der Waals surface area contributed by atoms with Crippen molar-refractivity contribution in [3.63, 3.8) is 0 Å². The van der Waals surface area contributed by atoms with Crippen molar-refractivity contribution in [3.05, 3.63) is 47.4 Å². The normalized spacial score (nSPS) is 19.2. The standard InChI is InChI=1S/C19H21N3O5/c1-11-8-15(12(2)27-11)19(3)17(24)22(18(25)21-19)10-16(23)20-13-6-5-7-14(9-13)26-4/h5-9H,10H2,1-4H3,(H,20,23)(H,21,25)/t19-/m0/s1. The summed E-state index contributed by atoms with van der Waals surface area (Å²) in [4.78, 5) is 38.5. The lowest BCUT2D eigenvalue weighted by atomic mass is 9.92. The average Bonchev–Trinajstić information content (AvgIpc) is 3.07. The Hall–Kier alpha value is -3.29. The fraction of sp³-hybridized carbons (Fsp3) is 0.316. The second-order valence-corrected chi connectivity index (χ2v) is 6.55. The van der Waals surface area contributed by atoms with Crippen molar-refractivity contribution in [2.45, 2.75) is 26.3 Å². The number of hydrogen-bond acceptors (Lipinski definition) is 5. The lowest BCUT2D eigenvalue weighted by Gasteiger charge is -2.21. The molecule has 1 aromatic heterocycles. The van der Waals surface area contributed by atoms with E-state index in [9.17, 15) is 14.4 Å². The third-order valence-electron chi connectivity index (χ3n) is 4.51. The van der Waals surface area contributed by atoms with Gasteiger partial charge in [-0.1, -0.05) is 6.07 Å². The molecule has 1 aliphatic heterocycles. The van der Waals surface area contributed by atoms with E-state index < -0.39 is 29.9 Å². The summed E-state index contributed by atoms with van der Waals surface area (Å²) in [6.07, 6.45) is 0. The molecule has 0 radical (unpaired) electrons. The van der Waals surface area contributed by atoms with E-state index in [2.05, 4.69) is 10.6 Å². The van der Waals surface area contributed by atoms with Gasteiger partial charge in [-0.3, -0.25) is 14.5 Å². The van der Waals surface area contributed by atoms with Crippen LogP contribution in [-0.4, -0.2) is 36.4 Å². The molecule has 1 aromatic carbocycles. The van der Waals surface area contributed by atoms with Crippen LogP contribution in [0.15, 0.2) is 34.7 Å². The van der Waals surface area contributed by atoms with Crippen LogP contribution in [0.3, 0.4) is 0 Å². The Morgan fingerprint density at radius 1 is 1.30 bits per heavy atom. The number of nitrogens with zero attached hydrogens (tertiary/aromatic N) is 1. The Morgan fingerprint density at radius 3 is 2.67 bits per heavy atom. The van der Waals surface area contributed by atoms with E-state index in [1.807, 2.05) is 0 Å². The zero-order valence-electron chi connectivity index (χ0n) is 15.6. The van der Waals surface area contributed by atoms with Crippen LogP contribution in [0.1, 0.15) is 24.0 Å². The molecule has 1 saturated heterocycles. The lowest BCUT2D eigenvalue weighted by molar-refractivity contribution is -0.133. The number of urea groups is 1. The van der Waals surface area contributed by atoms with Gasteiger partial charge >= 0.3 is 6.03 Å². The highest BCUT2D eigenvalue weighted by Crippen LogP contribution is 2.32. The predicted molar refractivity (Wildman–Crippen MR) is 97.4 cm³/mol. The molecule has 3 rings (SSSR count). The van der Waals surface area contributed by atoms with E-state index in [4.69, 9.17) is 9.15 Å². The third kappa shape index (κ3) is 3.38. The molecule has 4 amide bonds. The van der Waals surface area contributed by atoms with Crippen molar-refractivity contribution in [2.24, 2.45) is 0 Å². The summed E-state index contributed by atoms with van der Waals surface area (Å²) in [6, 6.07) is 7.89. The quantitative estimate of drug-likeness (QED) is 0.786. The molecular weight excluding hydrogens is 350 g/mol. The Bertz CT molecular complexity index is 920. The molecule has 8 nitrogen and oxygen atoms in total.